The van der Waals surface area contributed by atoms with Crippen molar-refractivity contribution in [3.8, 4) is 5.75 Å². The van der Waals surface area contributed by atoms with Crippen LogP contribution in [0.15, 0.2) is 24.3 Å². The fourth-order valence-corrected chi connectivity index (χ4v) is 2.36. The van der Waals surface area contributed by atoms with Crippen molar-refractivity contribution in [2.45, 2.75) is 45.2 Å². The maximum atomic E-state index is 11.7. The van der Waals surface area contributed by atoms with E-state index in [-0.39, 0.29) is 6.03 Å². The normalized spacial score (nSPS) is 15.2. The van der Waals surface area contributed by atoms with E-state index in [1.165, 1.54) is 12.8 Å². The van der Waals surface area contributed by atoms with Gasteiger partial charge in [-0.25, -0.2) is 4.79 Å². The van der Waals surface area contributed by atoms with Crippen LogP contribution in [-0.4, -0.2) is 18.7 Å². The summed E-state index contributed by atoms with van der Waals surface area (Å²) >= 11 is 0. The molecule has 0 atom stereocenters. The third kappa shape index (κ3) is 4.47. The standard InChI is InChI=1S/C15H22N2O2/c1-2-19-14-9-7-12(8-10-14)11-16-15(18)17-13-5-3-4-6-13/h7-10,13H,2-6,11H2,1H3,(H2,16,17,18). The van der Waals surface area contributed by atoms with Gasteiger partial charge in [-0.3, -0.25) is 0 Å². The summed E-state index contributed by atoms with van der Waals surface area (Å²) in [7, 11) is 0. The Morgan fingerprint density at radius 1 is 1.26 bits per heavy atom. The van der Waals surface area contributed by atoms with Gasteiger partial charge in [0.2, 0.25) is 0 Å². The molecule has 0 aliphatic heterocycles. The lowest BCUT2D eigenvalue weighted by Gasteiger charge is -2.13. The number of ether oxygens (including phenoxy) is 1. The molecule has 2 rings (SSSR count). The van der Waals surface area contributed by atoms with Crippen molar-refractivity contribution >= 4 is 6.03 Å². The minimum absolute atomic E-state index is 0.0687. The molecule has 4 heteroatoms. The summed E-state index contributed by atoms with van der Waals surface area (Å²) in [5, 5.41) is 5.89. The van der Waals surface area contributed by atoms with Crippen LogP contribution < -0.4 is 15.4 Å². The molecule has 2 N–H and O–H groups in total. The van der Waals surface area contributed by atoms with Gasteiger partial charge in [0.05, 0.1) is 6.61 Å². The van der Waals surface area contributed by atoms with Crippen LogP contribution in [0.5, 0.6) is 5.75 Å². The van der Waals surface area contributed by atoms with Gasteiger partial charge in [-0.2, -0.15) is 0 Å². The van der Waals surface area contributed by atoms with Gasteiger partial charge in [-0.15, -0.1) is 0 Å². The number of urea groups is 1. The summed E-state index contributed by atoms with van der Waals surface area (Å²) in [6.07, 6.45) is 4.67. The number of benzene rings is 1. The van der Waals surface area contributed by atoms with Gasteiger partial charge in [-0.05, 0) is 37.5 Å². The summed E-state index contributed by atoms with van der Waals surface area (Å²) in [6.45, 7) is 3.18. The Morgan fingerprint density at radius 2 is 1.95 bits per heavy atom. The highest BCUT2D eigenvalue weighted by Crippen LogP contribution is 2.17. The van der Waals surface area contributed by atoms with Crippen molar-refractivity contribution < 1.29 is 9.53 Å². The molecule has 1 aromatic carbocycles. The van der Waals surface area contributed by atoms with Crippen molar-refractivity contribution in [1.82, 2.24) is 10.6 Å². The van der Waals surface area contributed by atoms with E-state index < -0.39 is 0 Å². The fraction of sp³-hybridized carbons (Fsp3) is 0.533. The van der Waals surface area contributed by atoms with Crippen LogP contribution in [0.25, 0.3) is 0 Å². The molecule has 1 aromatic rings. The predicted molar refractivity (Wildman–Crippen MR) is 75.2 cm³/mol. The summed E-state index contributed by atoms with van der Waals surface area (Å²) < 4.78 is 5.38. The van der Waals surface area contributed by atoms with Crippen LogP contribution in [0.2, 0.25) is 0 Å². The average molecular weight is 262 g/mol. The van der Waals surface area contributed by atoms with Gasteiger partial charge in [0, 0.05) is 12.6 Å². The van der Waals surface area contributed by atoms with Crippen LogP contribution in [0.1, 0.15) is 38.2 Å². The molecular formula is C15H22N2O2. The third-order valence-electron chi connectivity index (χ3n) is 3.38. The van der Waals surface area contributed by atoms with Gasteiger partial charge < -0.3 is 15.4 Å². The largest absolute Gasteiger partial charge is 0.494 e. The number of rotatable bonds is 5. The van der Waals surface area contributed by atoms with E-state index in [1.807, 2.05) is 31.2 Å². The van der Waals surface area contributed by atoms with Gasteiger partial charge in [-0.1, -0.05) is 25.0 Å². The highest BCUT2D eigenvalue weighted by molar-refractivity contribution is 5.74. The van der Waals surface area contributed by atoms with Crippen LogP contribution in [0.3, 0.4) is 0 Å². The lowest BCUT2D eigenvalue weighted by atomic mass is 10.2. The SMILES string of the molecule is CCOc1ccc(CNC(=O)NC2CCCC2)cc1. The Labute approximate surface area is 114 Å². The highest BCUT2D eigenvalue weighted by atomic mass is 16.5. The molecule has 4 nitrogen and oxygen atoms in total. The van der Waals surface area contributed by atoms with E-state index in [2.05, 4.69) is 10.6 Å². The van der Waals surface area contributed by atoms with Crippen molar-refractivity contribution in [3.63, 3.8) is 0 Å². The number of amides is 2. The zero-order valence-corrected chi connectivity index (χ0v) is 11.4. The van der Waals surface area contributed by atoms with E-state index in [0.29, 0.717) is 19.2 Å². The predicted octanol–water partition coefficient (Wildman–Crippen LogP) is 2.83. The molecule has 0 spiro atoms. The molecule has 1 aliphatic rings. The topological polar surface area (TPSA) is 50.4 Å². The molecule has 104 valence electrons. The van der Waals surface area contributed by atoms with Crippen molar-refractivity contribution in [1.29, 1.82) is 0 Å². The van der Waals surface area contributed by atoms with Gasteiger partial charge >= 0.3 is 6.03 Å². The Kier molecular flexibility index (Phi) is 5.07. The summed E-state index contributed by atoms with van der Waals surface area (Å²) in [4.78, 5) is 11.7. The van der Waals surface area contributed by atoms with E-state index in [1.54, 1.807) is 0 Å². The molecular weight excluding hydrogens is 240 g/mol. The van der Waals surface area contributed by atoms with Crippen molar-refractivity contribution in [3.05, 3.63) is 29.8 Å². The molecule has 0 radical (unpaired) electrons. The number of hydrogen-bond donors (Lipinski definition) is 2. The van der Waals surface area contributed by atoms with E-state index in [4.69, 9.17) is 4.74 Å². The van der Waals surface area contributed by atoms with Crippen LogP contribution in [0.4, 0.5) is 4.79 Å². The van der Waals surface area contributed by atoms with Crippen LogP contribution >= 0.6 is 0 Å². The molecule has 0 unspecified atom stereocenters. The minimum atomic E-state index is -0.0687. The monoisotopic (exact) mass is 262 g/mol. The van der Waals surface area contributed by atoms with Gasteiger partial charge in [0.15, 0.2) is 0 Å². The summed E-state index contributed by atoms with van der Waals surface area (Å²) in [6, 6.07) is 8.09. The molecule has 0 bridgehead atoms. The molecule has 0 aromatic heterocycles. The third-order valence-corrected chi connectivity index (χ3v) is 3.38. The van der Waals surface area contributed by atoms with E-state index in [0.717, 1.165) is 24.2 Å². The van der Waals surface area contributed by atoms with E-state index >= 15 is 0 Å². The second-order valence-corrected chi connectivity index (χ2v) is 4.89. The van der Waals surface area contributed by atoms with E-state index in [9.17, 15) is 4.79 Å². The lowest BCUT2D eigenvalue weighted by Crippen LogP contribution is -2.40. The molecule has 19 heavy (non-hydrogen) atoms. The number of nitrogens with one attached hydrogen (secondary N) is 2. The first-order chi connectivity index (χ1) is 9.28. The number of carbonyl (C=O) groups is 1. The first-order valence-electron chi connectivity index (χ1n) is 7.04. The Hall–Kier alpha value is -1.71. The Morgan fingerprint density at radius 3 is 2.58 bits per heavy atom. The van der Waals surface area contributed by atoms with Crippen molar-refractivity contribution in [2.24, 2.45) is 0 Å². The number of carbonyl (C=O) groups excluding carboxylic acids is 1. The molecule has 2 amide bonds. The van der Waals surface area contributed by atoms with Crippen LogP contribution in [-0.2, 0) is 6.54 Å². The molecule has 0 saturated heterocycles. The second kappa shape index (κ2) is 7.02. The molecule has 1 fully saturated rings. The summed E-state index contributed by atoms with van der Waals surface area (Å²) in [5.74, 6) is 0.863. The molecule has 1 aliphatic carbocycles. The second-order valence-electron chi connectivity index (χ2n) is 4.89. The smallest absolute Gasteiger partial charge is 0.315 e. The maximum Gasteiger partial charge on any atom is 0.315 e. The zero-order valence-electron chi connectivity index (χ0n) is 11.4. The molecule has 0 heterocycles. The maximum absolute atomic E-state index is 11.7. The minimum Gasteiger partial charge on any atom is -0.494 e. The Balaban J connectivity index is 1.73. The summed E-state index contributed by atoms with van der Waals surface area (Å²) in [5.41, 5.74) is 1.07. The van der Waals surface area contributed by atoms with Crippen molar-refractivity contribution in [2.75, 3.05) is 6.61 Å². The Bertz CT molecular complexity index is 397. The lowest BCUT2D eigenvalue weighted by molar-refractivity contribution is 0.236. The van der Waals surface area contributed by atoms with Gasteiger partial charge in [0.1, 0.15) is 5.75 Å². The van der Waals surface area contributed by atoms with Crippen LogP contribution in [0, 0.1) is 0 Å². The quantitative estimate of drug-likeness (QED) is 0.857. The van der Waals surface area contributed by atoms with Gasteiger partial charge in [0.25, 0.3) is 0 Å². The highest BCUT2D eigenvalue weighted by Gasteiger charge is 2.16. The fourth-order valence-electron chi connectivity index (χ4n) is 2.36. The first kappa shape index (κ1) is 13.7. The number of hydrogen-bond acceptors (Lipinski definition) is 2. The average Bonchev–Trinajstić information content (AvgIpc) is 2.91. The zero-order chi connectivity index (χ0) is 13.5. The molecule has 1 saturated carbocycles. The first-order valence-corrected chi connectivity index (χ1v) is 7.04.